The summed E-state index contributed by atoms with van der Waals surface area (Å²) in [4.78, 5) is 71.7. The lowest BCUT2D eigenvalue weighted by Gasteiger charge is -2.23. The number of para-hydroxylation sites is 1. The van der Waals surface area contributed by atoms with Gasteiger partial charge >= 0.3 is 12.2 Å². The van der Waals surface area contributed by atoms with E-state index >= 15 is 0 Å². The molecule has 2 aromatic carbocycles. The van der Waals surface area contributed by atoms with Crippen molar-refractivity contribution in [2.45, 2.75) is 84.6 Å². The van der Waals surface area contributed by atoms with E-state index in [0.29, 0.717) is 6.07 Å². The number of fused-ring (bicyclic) bond motifs is 1. The van der Waals surface area contributed by atoms with Crippen LogP contribution >= 0.6 is 0 Å². The number of nitrogens with zero attached hydrogens (tertiary/aromatic N) is 4. The average Bonchev–Trinajstić information content (AvgIpc) is 3.42. The molecule has 1 N–H and O–H groups in total. The topological polar surface area (TPSA) is 151 Å². The molecule has 54 heavy (non-hydrogen) atoms. The molecular weight excluding hydrogens is 704 g/mol. The second-order valence-electron chi connectivity index (χ2n) is 14.7. The number of imidazole rings is 1. The molecule has 0 saturated carbocycles. The molecule has 0 aliphatic carbocycles. The van der Waals surface area contributed by atoms with E-state index in [4.69, 9.17) is 14.2 Å². The van der Waals surface area contributed by atoms with Crippen LogP contribution in [-0.2, 0) is 32.0 Å². The Bertz CT molecular complexity index is 2130. The summed E-state index contributed by atoms with van der Waals surface area (Å²) >= 11 is 0. The van der Waals surface area contributed by atoms with Crippen molar-refractivity contribution in [3.8, 4) is 11.5 Å². The standard InChI is InChI=1S/C39H45F2N5O8/c1-38(2,3)53-36(50)42-27(14-9-10-17-33(48)44(7)8)29(47)21-24-13-12-20-45(35(24)49)23-32-43-34-28(46(32)37(51)54-39(4,5)6)15-11-16-31(34)52-30-19-18-25(40)22-26(30)41/h10-13,15-20,22,27H,9,14,21,23H2,1-8H3,(H,42,50)/b17-10+/t27-/m0/s1. The van der Waals surface area contributed by atoms with Crippen LogP contribution in [0.4, 0.5) is 18.4 Å². The molecule has 2 amide bonds. The van der Waals surface area contributed by atoms with Crippen molar-refractivity contribution in [3.63, 3.8) is 0 Å². The Hall–Kier alpha value is -5.86. The number of ketones is 1. The number of halogens is 2. The molecule has 4 rings (SSSR count). The molecule has 15 heteroatoms. The van der Waals surface area contributed by atoms with Crippen LogP contribution in [0.5, 0.6) is 11.5 Å². The third kappa shape index (κ3) is 11.1. The van der Waals surface area contributed by atoms with E-state index in [2.05, 4.69) is 10.3 Å². The molecule has 2 heterocycles. The molecule has 0 radical (unpaired) electrons. The number of amides is 2. The Kier molecular flexibility index (Phi) is 12.8. The van der Waals surface area contributed by atoms with Crippen LogP contribution in [-0.4, -0.2) is 74.2 Å². The van der Waals surface area contributed by atoms with Gasteiger partial charge in [-0.15, -0.1) is 0 Å². The number of Topliss-reactive ketones (excluding diaryl/α,β-unsaturated/α-hetero) is 1. The average molecular weight is 750 g/mol. The molecule has 4 aromatic rings. The zero-order chi connectivity index (χ0) is 40.0. The summed E-state index contributed by atoms with van der Waals surface area (Å²) in [5.41, 5.74) is -1.83. The van der Waals surface area contributed by atoms with Gasteiger partial charge in [-0.3, -0.25) is 14.4 Å². The van der Waals surface area contributed by atoms with Crippen molar-refractivity contribution < 1.29 is 42.2 Å². The van der Waals surface area contributed by atoms with Crippen LogP contribution in [0.1, 0.15) is 65.8 Å². The summed E-state index contributed by atoms with van der Waals surface area (Å²) in [5.74, 6) is -2.61. The zero-order valence-electron chi connectivity index (χ0n) is 31.6. The Morgan fingerprint density at radius 2 is 1.65 bits per heavy atom. The second-order valence-corrected chi connectivity index (χ2v) is 14.7. The number of allylic oxidation sites excluding steroid dienone is 1. The minimum atomic E-state index is -1.05. The molecule has 0 unspecified atom stereocenters. The largest absolute Gasteiger partial charge is 0.452 e. The number of carbonyl (C=O) groups excluding carboxylic acids is 4. The Morgan fingerprint density at radius 3 is 2.30 bits per heavy atom. The summed E-state index contributed by atoms with van der Waals surface area (Å²) in [6, 6.07) is 9.45. The van der Waals surface area contributed by atoms with Gasteiger partial charge in [0.25, 0.3) is 5.56 Å². The molecule has 0 bridgehead atoms. The van der Waals surface area contributed by atoms with Gasteiger partial charge in [-0.1, -0.05) is 18.2 Å². The van der Waals surface area contributed by atoms with Crippen LogP contribution in [0.3, 0.4) is 0 Å². The fourth-order valence-corrected chi connectivity index (χ4v) is 5.17. The molecule has 288 valence electrons. The van der Waals surface area contributed by atoms with Crippen molar-refractivity contribution in [3.05, 3.63) is 100 Å². The quantitative estimate of drug-likeness (QED) is 0.160. The summed E-state index contributed by atoms with van der Waals surface area (Å²) in [6.07, 6.45) is 2.85. The number of carbonyl (C=O) groups is 4. The molecule has 0 fully saturated rings. The van der Waals surface area contributed by atoms with Gasteiger partial charge in [-0.2, -0.15) is 0 Å². The van der Waals surface area contributed by atoms with Crippen molar-refractivity contribution in [2.75, 3.05) is 14.1 Å². The minimum Gasteiger partial charge on any atom is -0.452 e. The van der Waals surface area contributed by atoms with Gasteiger partial charge < -0.3 is 29.0 Å². The van der Waals surface area contributed by atoms with E-state index < -0.39 is 52.4 Å². The molecule has 2 aromatic heterocycles. The smallest absolute Gasteiger partial charge is 0.420 e. The lowest BCUT2D eigenvalue weighted by molar-refractivity contribution is -0.123. The van der Waals surface area contributed by atoms with Crippen LogP contribution in [0.2, 0.25) is 0 Å². The van der Waals surface area contributed by atoms with E-state index in [1.54, 1.807) is 79.9 Å². The lowest BCUT2D eigenvalue weighted by atomic mass is 10.0. The molecule has 1 atom stereocenters. The molecule has 0 saturated heterocycles. The number of ether oxygens (including phenoxy) is 3. The number of pyridine rings is 1. The monoisotopic (exact) mass is 749 g/mol. The zero-order valence-corrected chi connectivity index (χ0v) is 31.6. The number of likely N-dealkylation sites (N-methyl/N-ethyl adjacent to an activating group) is 1. The SMILES string of the molecule is CN(C)C(=O)/C=C/CC[C@H](NC(=O)OC(C)(C)C)C(=O)Cc1cccn(Cc2nc3c(Oc4ccc(F)cc4F)cccc3n2C(=O)OC(C)(C)C)c1=O. The summed E-state index contributed by atoms with van der Waals surface area (Å²) in [6.45, 7) is 9.84. The highest BCUT2D eigenvalue weighted by Crippen LogP contribution is 2.32. The first-order valence-corrected chi connectivity index (χ1v) is 17.2. The first-order chi connectivity index (χ1) is 25.2. The minimum absolute atomic E-state index is 0.0534. The van der Waals surface area contributed by atoms with Crippen molar-refractivity contribution in [2.24, 2.45) is 0 Å². The van der Waals surface area contributed by atoms with Crippen molar-refractivity contribution >= 4 is 34.9 Å². The Labute approximate surface area is 311 Å². The second kappa shape index (κ2) is 16.9. The first kappa shape index (κ1) is 40.9. The highest BCUT2D eigenvalue weighted by molar-refractivity contribution is 5.91. The van der Waals surface area contributed by atoms with E-state index in [-0.39, 0.29) is 65.6 Å². The number of benzene rings is 2. The van der Waals surface area contributed by atoms with Crippen LogP contribution in [0, 0.1) is 11.6 Å². The number of hydrogen-bond donors (Lipinski definition) is 1. The maximum absolute atomic E-state index is 14.5. The van der Waals surface area contributed by atoms with Crippen molar-refractivity contribution in [1.29, 1.82) is 0 Å². The van der Waals surface area contributed by atoms with Gasteiger partial charge in [-0.25, -0.2) is 27.9 Å². The lowest BCUT2D eigenvalue weighted by Crippen LogP contribution is -2.44. The number of nitrogens with one attached hydrogen (secondary N) is 1. The van der Waals surface area contributed by atoms with Gasteiger partial charge in [0, 0.05) is 38.3 Å². The summed E-state index contributed by atoms with van der Waals surface area (Å²) in [7, 11) is 3.21. The summed E-state index contributed by atoms with van der Waals surface area (Å²) in [5, 5.41) is 2.59. The van der Waals surface area contributed by atoms with Crippen LogP contribution in [0.25, 0.3) is 11.0 Å². The van der Waals surface area contributed by atoms with E-state index in [9.17, 15) is 32.8 Å². The fourth-order valence-electron chi connectivity index (χ4n) is 5.17. The number of rotatable bonds is 12. The highest BCUT2D eigenvalue weighted by atomic mass is 19.1. The van der Waals surface area contributed by atoms with Crippen LogP contribution < -0.4 is 15.6 Å². The molecule has 0 spiro atoms. The van der Waals surface area contributed by atoms with E-state index in [0.717, 1.165) is 12.1 Å². The molecule has 13 nitrogen and oxygen atoms in total. The predicted molar refractivity (Wildman–Crippen MR) is 197 cm³/mol. The van der Waals surface area contributed by atoms with Gasteiger partial charge in [-0.05, 0) is 90.8 Å². The number of alkyl carbamates (subject to hydrolysis) is 1. The molecule has 0 aliphatic rings. The third-order valence-electron chi connectivity index (χ3n) is 7.59. The Balaban J connectivity index is 1.67. The maximum atomic E-state index is 14.5. The van der Waals surface area contributed by atoms with Gasteiger partial charge in [0.05, 0.1) is 18.1 Å². The fraction of sp³-hybridized carbons (Fsp3) is 0.385. The predicted octanol–water partition coefficient (Wildman–Crippen LogP) is 6.53. The third-order valence-corrected chi connectivity index (χ3v) is 7.59. The highest BCUT2D eigenvalue weighted by Gasteiger charge is 2.27. The molecule has 0 aliphatic heterocycles. The normalized spacial score (nSPS) is 12.4. The Morgan fingerprint density at radius 1 is 0.944 bits per heavy atom. The maximum Gasteiger partial charge on any atom is 0.420 e. The van der Waals surface area contributed by atoms with Crippen molar-refractivity contribution in [1.82, 2.24) is 24.3 Å². The van der Waals surface area contributed by atoms with Gasteiger partial charge in [0.15, 0.2) is 23.1 Å². The van der Waals surface area contributed by atoms with Crippen LogP contribution in [0.15, 0.2) is 71.7 Å². The summed E-state index contributed by atoms with van der Waals surface area (Å²) < 4.78 is 47.3. The number of aromatic nitrogens is 3. The first-order valence-electron chi connectivity index (χ1n) is 17.2. The van der Waals surface area contributed by atoms with E-state index in [1.807, 2.05) is 0 Å². The van der Waals surface area contributed by atoms with Gasteiger partial charge in [0.2, 0.25) is 5.91 Å². The van der Waals surface area contributed by atoms with Gasteiger partial charge in [0.1, 0.15) is 28.4 Å². The van der Waals surface area contributed by atoms with E-state index in [1.165, 1.54) is 38.4 Å². The molecular formula is C39H45F2N5O8. The number of hydrogen-bond acceptors (Lipinski definition) is 9.